The zero-order valence-electron chi connectivity index (χ0n) is 15.7. The Kier molecular flexibility index (Phi) is 11.1. The fraction of sp³-hybridized carbons (Fsp3) is 0.333. The first-order chi connectivity index (χ1) is 14.3. The van der Waals surface area contributed by atoms with Crippen LogP contribution in [0, 0.1) is 0 Å². The van der Waals surface area contributed by atoms with Gasteiger partial charge in [-0.15, -0.1) is 26.3 Å². The Morgan fingerprint density at radius 1 is 0.806 bits per heavy atom. The Morgan fingerprint density at radius 2 is 1.26 bits per heavy atom. The number of hydrogen-bond donors (Lipinski definition) is 1. The number of aliphatic hydroxyl groups is 1. The number of benzene rings is 2. The van der Waals surface area contributed by atoms with Crippen LogP contribution in [0.15, 0.2) is 45.3 Å². The Balaban J connectivity index is 0.000000316. The van der Waals surface area contributed by atoms with Gasteiger partial charge in [0.05, 0.1) is 13.2 Å². The summed E-state index contributed by atoms with van der Waals surface area (Å²) in [6.45, 7) is -0.540. The van der Waals surface area contributed by atoms with Crippen LogP contribution >= 0.6 is 31.9 Å². The summed E-state index contributed by atoms with van der Waals surface area (Å²) in [6.07, 6.45) is -9.46. The molecule has 5 nitrogen and oxygen atoms in total. The fourth-order valence-corrected chi connectivity index (χ4v) is 2.83. The second-order valence-corrected chi connectivity index (χ2v) is 7.34. The van der Waals surface area contributed by atoms with Crippen LogP contribution in [0.2, 0.25) is 0 Å². The lowest BCUT2D eigenvalue weighted by Gasteiger charge is -2.13. The molecule has 0 atom stereocenters. The van der Waals surface area contributed by atoms with E-state index < -0.39 is 19.3 Å². The standard InChI is InChI=1S/C10H10BrF3O3.C8H6BrF3O2/c1-15-6-16-5-7-4-8(11)2-3-9(7)17-10(12,13)14;9-6-1-2-7(5(3-6)4-13)14-8(10,11)12/h2-4H,5-6H2,1H3;1-3,13H,4H2. The van der Waals surface area contributed by atoms with Gasteiger partial charge in [-0.3, -0.25) is 0 Å². The van der Waals surface area contributed by atoms with Crippen molar-refractivity contribution in [3.8, 4) is 11.5 Å². The quantitative estimate of drug-likeness (QED) is 0.234. The molecule has 0 saturated carbocycles. The van der Waals surface area contributed by atoms with Crippen molar-refractivity contribution in [1.82, 2.24) is 0 Å². The monoisotopic (exact) mass is 584 g/mol. The number of hydrogen-bond acceptors (Lipinski definition) is 5. The second kappa shape index (κ2) is 12.5. The molecule has 0 fully saturated rings. The van der Waals surface area contributed by atoms with Gasteiger partial charge in [0.25, 0.3) is 0 Å². The number of aliphatic hydroxyl groups excluding tert-OH is 1. The molecule has 0 aromatic heterocycles. The van der Waals surface area contributed by atoms with E-state index in [1.807, 2.05) is 0 Å². The van der Waals surface area contributed by atoms with Crippen LogP contribution in [0.4, 0.5) is 26.3 Å². The van der Waals surface area contributed by atoms with Crippen molar-refractivity contribution < 1.29 is 50.4 Å². The van der Waals surface area contributed by atoms with Gasteiger partial charge in [-0.1, -0.05) is 31.9 Å². The van der Waals surface area contributed by atoms with Gasteiger partial charge in [0, 0.05) is 27.2 Å². The normalized spacial score (nSPS) is 11.5. The van der Waals surface area contributed by atoms with Crippen molar-refractivity contribution in [1.29, 1.82) is 0 Å². The largest absolute Gasteiger partial charge is 0.573 e. The first kappa shape index (κ1) is 27.5. The van der Waals surface area contributed by atoms with Gasteiger partial charge in [-0.25, -0.2) is 0 Å². The minimum Gasteiger partial charge on any atom is -0.405 e. The van der Waals surface area contributed by atoms with Gasteiger partial charge in [-0.05, 0) is 36.4 Å². The van der Waals surface area contributed by atoms with Gasteiger partial charge in [-0.2, -0.15) is 0 Å². The molecule has 0 saturated heterocycles. The smallest absolute Gasteiger partial charge is 0.405 e. The van der Waals surface area contributed by atoms with E-state index in [1.54, 1.807) is 0 Å². The molecule has 13 heteroatoms. The van der Waals surface area contributed by atoms with Crippen LogP contribution < -0.4 is 9.47 Å². The van der Waals surface area contributed by atoms with E-state index in [-0.39, 0.29) is 36.0 Å². The van der Waals surface area contributed by atoms with E-state index >= 15 is 0 Å². The highest BCUT2D eigenvalue weighted by molar-refractivity contribution is 9.10. The molecule has 0 radical (unpaired) electrons. The number of rotatable bonds is 7. The van der Waals surface area contributed by atoms with Crippen LogP contribution in [0.1, 0.15) is 11.1 Å². The first-order valence-corrected chi connectivity index (χ1v) is 9.69. The van der Waals surface area contributed by atoms with Gasteiger partial charge in [0.1, 0.15) is 18.3 Å². The Hall–Kier alpha value is -1.54. The summed E-state index contributed by atoms with van der Waals surface area (Å²) < 4.78 is 90.3. The van der Waals surface area contributed by atoms with Crippen LogP contribution in [0.25, 0.3) is 0 Å². The Labute approximate surface area is 190 Å². The lowest BCUT2D eigenvalue weighted by atomic mass is 10.2. The third-order valence-electron chi connectivity index (χ3n) is 3.13. The summed E-state index contributed by atoms with van der Waals surface area (Å²) in [4.78, 5) is 0. The minimum atomic E-state index is -4.74. The van der Waals surface area contributed by atoms with Crippen molar-refractivity contribution >= 4 is 31.9 Å². The SMILES string of the molecule is COCOCc1cc(Br)ccc1OC(F)(F)F.OCc1cc(Br)ccc1OC(F)(F)F. The zero-order chi connectivity index (χ0) is 23.7. The lowest BCUT2D eigenvalue weighted by Crippen LogP contribution is -2.18. The molecule has 31 heavy (non-hydrogen) atoms. The average molecular weight is 586 g/mol. The molecule has 174 valence electrons. The molecule has 0 aliphatic heterocycles. The summed E-state index contributed by atoms with van der Waals surface area (Å²) in [6, 6.07) is 8.09. The number of halogens is 8. The van der Waals surface area contributed by atoms with Gasteiger partial charge < -0.3 is 24.1 Å². The molecule has 0 aliphatic rings. The highest BCUT2D eigenvalue weighted by Crippen LogP contribution is 2.30. The highest BCUT2D eigenvalue weighted by atomic mass is 79.9. The molecule has 0 unspecified atom stereocenters. The summed E-state index contributed by atoms with van der Waals surface area (Å²) >= 11 is 6.23. The predicted octanol–water partition coefficient (Wildman–Crippen LogP) is 6.31. The third-order valence-corrected chi connectivity index (χ3v) is 4.11. The zero-order valence-corrected chi connectivity index (χ0v) is 18.9. The molecule has 0 spiro atoms. The van der Waals surface area contributed by atoms with Gasteiger partial charge in [0.2, 0.25) is 0 Å². The van der Waals surface area contributed by atoms with Crippen molar-refractivity contribution in [2.24, 2.45) is 0 Å². The summed E-state index contributed by atoms with van der Waals surface area (Å²) in [5, 5.41) is 8.77. The molecule has 0 heterocycles. The number of ether oxygens (including phenoxy) is 4. The maximum absolute atomic E-state index is 12.1. The van der Waals surface area contributed by atoms with Gasteiger partial charge in [0.15, 0.2) is 0 Å². The summed E-state index contributed by atoms with van der Waals surface area (Å²) in [5.41, 5.74) is 0.366. The van der Waals surface area contributed by atoms with Crippen LogP contribution in [0.3, 0.4) is 0 Å². The molecule has 1 N–H and O–H groups in total. The molecule has 2 aromatic rings. The molecule has 0 amide bonds. The maximum atomic E-state index is 12.1. The highest BCUT2D eigenvalue weighted by Gasteiger charge is 2.32. The number of methoxy groups -OCH3 is 1. The maximum Gasteiger partial charge on any atom is 0.573 e. The molecular formula is C18H16Br2F6O5. The van der Waals surface area contributed by atoms with Crippen molar-refractivity contribution in [2.45, 2.75) is 25.9 Å². The van der Waals surface area contributed by atoms with E-state index in [0.29, 0.717) is 8.95 Å². The van der Waals surface area contributed by atoms with Crippen LogP contribution in [-0.2, 0) is 22.7 Å². The average Bonchev–Trinajstić information content (AvgIpc) is 2.64. The topological polar surface area (TPSA) is 57.2 Å². The predicted molar refractivity (Wildman–Crippen MR) is 104 cm³/mol. The summed E-state index contributed by atoms with van der Waals surface area (Å²) in [5.74, 6) is -0.667. The van der Waals surface area contributed by atoms with Crippen molar-refractivity contribution in [2.75, 3.05) is 13.9 Å². The van der Waals surface area contributed by atoms with Gasteiger partial charge >= 0.3 is 12.7 Å². The second-order valence-electron chi connectivity index (χ2n) is 5.51. The molecule has 2 rings (SSSR count). The summed E-state index contributed by atoms with van der Waals surface area (Å²) in [7, 11) is 1.42. The van der Waals surface area contributed by atoms with Crippen LogP contribution in [0.5, 0.6) is 11.5 Å². The Morgan fingerprint density at radius 3 is 1.68 bits per heavy atom. The molecular weight excluding hydrogens is 570 g/mol. The van der Waals surface area contributed by atoms with E-state index in [1.165, 1.54) is 37.4 Å². The molecule has 2 aromatic carbocycles. The third kappa shape index (κ3) is 11.6. The molecule has 0 bridgehead atoms. The fourth-order valence-electron chi connectivity index (χ4n) is 2.02. The van der Waals surface area contributed by atoms with E-state index in [2.05, 4.69) is 46.1 Å². The van der Waals surface area contributed by atoms with Crippen LogP contribution in [-0.4, -0.2) is 31.7 Å². The first-order valence-electron chi connectivity index (χ1n) is 8.10. The minimum absolute atomic E-state index is 0.00201. The Bertz CT molecular complexity index is 830. The molecule has 0 aliphatic carbocycles. The van der Waals surface area contributed by atoms with Crippen molar-refractivity contribution in [3.63, 3.8) is 0 Å². The van der Waals surface area contributed by atoms with E-state index in [0.717, 1.165) is 6.07 Å². The number of alkyl halides is 6. The van der Waals surface area contributed by atoms with E-state index in [9.17, 15) is 26.3 Å². The van der Waals surface area contributed by atoms with E-state index in [4.69, 9.17) is 9.84 Å². The van der Waals surface area contributed by atoms with Crippen molar-refractivity contribution in [3.05, 3.63) is 56.5 Å². The lowest BCUT2D eigenvalue weighted by molar-refractivity contribution is -0.276.